The van der Waals surface area contributed by atoms with Gasteiger partial charge in [-0.2, -0.15) is 0 Å². The number of benzene rings is 1. The van der Waals surface area contributed by atoms with Crippen LogP contribution in [0.1, 0.15) is 32.6 Å². The molecule has 1 N–H and O–H groups in total. The van der Waals surface area contributed by atoms with Gasteiger partial charge < -0.3 is 4.74 Å². The molecule has 0 spiro atoms. The number of ether oxygens (including phenoxy) is 1. The first kappa shape index (κ1) is 17.8. The van der Waals surface area contributed by atoms with Gasteiger partial charge in [0.2, 0.25) is 0 Å². The first-order valence-corrected chi connectivity index (χ1v) is 7.92. The fraction of sp³-hybridized carbons (Fsp3) is 0.214. The van der Waals surface area contributed by atoms with Crippen molar-refractivity contribution in [1.82, 2.24) is 4.98 Å². The van der Waals surface area contributed by atoms with E-state index in [1.165, 1.54) is 12.1 Å². The van der Waals surface area contributed by atoms with Crippen molar-refractivity contribution in [1.29, 1.82) is 0 Å². The number of halogens is 1. The van der Waals surface area contributed by atoms with E-state index in [-0.39, 0.29) is 28.0 Å². The van der Waals surface area contributed by atoms with Crippen LogP contribution in [0.3, 0.4) is 0 Å². The average Bonchev–Trinajstić information content (AvgIpc) is 2.87. The standard InChI is InChI=1S/C14H12ClN3O5S/c1-3-23-13(20)11-7(2)16-14(24-11)17-12(19)9-5-4-8(18(21)22)6-10(9)15/h4-6H,3H2,1-2H3,(H,16,17,19). The maximum atomic E-state index is 12.2. The van der Waals surface area contributed by atoms with Crippen molar-refractivity contribution < 1.29 is 19.2 Å². The molecule has 0 fully saturated rings. The molecule has 0 saturated carbocycles. The zero-order valence-electron chi connectivity index (χ0n) is 12.7. The molecular formula is C14H12ClN3O5S. The Labute approximate surface area is 145 Å². The van der Waals surface area contributed by atoms with Gasteiger partial charge >= 0.3 is 5.97 Å². The Morgan fingerprint density at radius 3 is 2.75 bits per heavy atom. The molecule has 0 aliphatic heterocycles. The van der Waals surface area contributed by atoms with Crippen LogP contribution in [0.5, 0.6) is 0 Å². The first-order chi connectivity index (χ1) is 11.3. The van der Waals surface area contributed by atoms with Crippen LogP contribution in [-0.4, -0.2) is 28.4 Å². The van der Waals surface area contributed by atoms with E-state index in [4.69, 9.17) is 16.3 Å². The fourth-order valence-corrected chi connectivity index (χ4v) is 2.92. The van der Waals surface area contributed by atoms with Crippen LogP contribution >= 0.6 is 22.9 Å². The van der Waals surface area contributed by atoms with Crippen molar-refractivity contribution in [3.8, 4) is 0 Å². The van der Waals surface area contributed by atoms with Gasteiger partial charge in [0.05, 0.1) is 27.8 Å². The topological polar surface area (TPSA) is 111 Å². The lowest BCUT2D eigenvalue weighted by atomic mass is 10.2. The van der Waals surface area contributed by atoms with Crippen LogP contribution in [0.25, 0.3) is 0 Å². The SMILES string of the molecule is CCOC(=O)c1sc(NC(=O)c2ccc([N+](=O)[O-])cc2Cl)nc1C. The van der Waals surface area contributed by atoms with E-state index in [9.17, 15) is 19.7 Å². The van der Waals surface area contributed by atoms with Gasteiger partial charge in [-0.3, -0.25) is 20.2 Å². The maximum Gasteiger partial charge on any atom is 0.350 e. The Bertz CT molecular complexity index is 821. The Kier molecular flexibility index (Phi) is 5.47. The Hall–Kier alpha value is -2.52. The van der Waals surface area contributed by atoms with Crippen LogP contribution < -0.4 is 5.32 Å². The van der Waals surface area contributed by atoms with Crippen molar-refractivity contribution >= 4 is 45.6 Å². The fourth-order valence-electron chi connectivity index (χ4n) is 1.80. The summed E-state index contributed by atoms with van der Waals surface area (Å²) in [5.41, 5.74) is 0.280. The summed E-state index contributed by atoms with van der Waals surface area (Å²) in [5.74, 6) is -1.10. The van der Waals surface area contributed by atoms with Crippen LogP contribution in [0.4, 0.5) is 10.8 Å². The second-order valence-electron chi connectivity index (χ2n) is 4.53. The van der Waals surface area contributed by atoms with Crippen molar-refractivity contribution in [2.75, 3.05) is 11.9 Å². The zero-order chi connectivity index (χ0) is 17.9. The lowest BCUT2D eigenvalue weighted by molar-refractivity contribution is -0.384. The molecule has 126 valence electrons. The second-order valence-corrected chi connectivity index (χ2v) is 5.94. The van der Waals surface area contributed by atoms with Crippen molar-refractivity contribution in [2.45, 2.75) is 13.8 Å². The second kappa shape index (κ2) is 7.37. The van der Waals surface area contributed by atoms with Crippen molar-refractivity contribution in [3.63, 3.8) is 0 Å². The molecule has 24 heavy (non-hydrogen) atoms. The quantitative estimate of drug-likeness (QED) is 0.491. The Morgan fingerprint density at radius 1 is 1.46 bits per heavy atom. The summed E-state index contributed by atoms with van der Waals surface area (Å²) in [6.07, 6.45) is 0. The number of anilines is 1. The van der Waals surface area contributed by atoms with Crippen molar-refractivity contribution in [3.05, 3.63) is 49.5 Å². The number of nitro benzene ring substituents is 1. The Balaban J connectivity index is 2.20. The van der Waals surface area contributed by atoms with Gasteiger partial charge in [0.1, 0.15) is 4.88 Å². The van der Waals surface area contributed by atoms with Gasteiger partial charge in [-0.05, 0) is 19.9 Å². The van der Waals surface area contributed by atoms with Gasteiger partial charge in [-0.25, -0.2) is 9.78 Å². The summed E-state index contributed by atoms with van der Waals surface area (Å²) < 4.78 is 4.90. The molecular weight excluding hydrogens is 358 g/mol. The summed E-state index contributed by atoms with van der Waals surface area (Å²) in [5, 5.41) is 13.3. The van der Waals surface area contributed by atoms with Crippen LogP contribution in [0.2, 0.25) is 5.02 Å². The van der Waals surface area contributed by atoms with E-state index in [1.807, 2.05) is 0 Å². The highest BCUT2D eigenvalue weighted by molar-refractivity contribution is 7.17. The molecule has 0 aliphatic carbocycles. The van der Waals surface area contributed by atoms with Gasteiger partial charge in [0, 0.05) is 12.1 Å². The van der Waals surface area contributed by atoms with E-state index < -0.39 is 16.8 Å². The third-order valence-corrected chi connectivity index (χ3v) is 4.25. The molecule has 1 aromatic carbocycles. The number of esters is 1. The monoisotopic (exact) mass is 369 g/mol. The minimum atomic E-state index is -0.608. The number of amides is 1. The molecule has 0 atom stereocenters. The lowest BCUT2D eigenvalue weighted by Crippen LogP contribution is -2.12. The smallest absolute Gasteiger partial charge is 0.350 e. The lowest BCUT2D eigenvalue weighted by Gasteiger charge is -2.03. The highest BCUT2D eigenvalue weighted by Gasteiger charge is 2.20. The molecule has 0 saturated heterocycles. The molecule has 1 aromatic heterocycles. The average molecular weight is 370 g/mol. The number of aryl methyl sites for hydroxylation is 1. The number of hydrogen-bond donors (Lipinski definition) is 1. The molecule has 1 heterocycles. The predicted octanol–water partition coefficient (Wildman–Crippen LogP) is 3.44. The van der Waals surface area contributed by atoms with Crippen LogP contribution in [0, 0.1) is 17.0 Å². The molecule has 0 aliphatic rings. The normalized spacial score (nSPS) is 10.3. The summed E-state index contributed by atoms with van der Waals surface area (Å²) in [4.78, 5) is 38.4. The number of hydrogen-bond acceptors (Lipinski definition) is 7. The number of carbonyl (C=O) groups excluding carboxylic acids is 2. The number of non-ortho nitro benzene ring substituents is 1. The minimum Gasteiger partial charge on any atom is -0.462 e. The summed E-state index contributed by atoms with van der Waals surface area (Å²) >= 11 is 6.88. The largest absolute Gasteiger partial charge is 0.462 e. The molecule has 8 nitrogen and oxygen atoms in total. The van der Waals surface area contributed by atoms with Crippen LogP contribution in [0.15, 0.2) is 18.2 Å². The number of thiazole rings is 1. The number of nitrogens with zero attached hydrogens (tertiary/aromatic N) is 2. The number of aromatic nitrogens is 1. The number of carbonyl (C=O) groups is 2. The molecule has 0 unspecified atom stereocenters. The molecule has 2 rings (SSSR count). The molecule has 2 aromatic rings. The molecule has 1 amide bonds. The maximum absolute atomic E-state index is 12.2. The van der Waals surface area contributed by atoms with Crippen molar-refractivity contribution in [2.24, 2.45) is 0 Å². The predicted molar refractivity (Wildman–Crippen MR) is 88.9 cm³/mol. The Morgan fingerprint density at radius 2 is 2.17 bits per heavy atom. The van der Waals surface area contributed by atoms with Gasteiger partial charge in [0.25, 0.3) is 11.6 Å². The summed E-state index contributed by atoms with van der Waals surface area (Å²) in [6, 6.07) is 3.52. The number of rotatable bonds is 5. The molecule has 0 radical (unpaired) electrons. The van der Waals surface area contributed by atoms with E-state index in [0.29, 0.717) is 10.6 Å². The van der Waals surface area contributed by atoms with Gasteiger partial charge in [0.15, 0.2) is 5.13 Å². The molecule has 0 bridgehead atoms. The molecule has 10 heteroatoms. The third kappa shape index (κ3) is 3.87. The van der Waals surface area contributed by atoms with E-state index in [2.05, 4.69) is 10.3 Å². The van der Waals surface area contributed by atoms with E-state index in [0.717, 1.165) is 17.4 Å². The van der Waals surface area contributed by atoms with Gasteiger partial charge in [-0.15, -0.1) is 0 Å². The number of nitro groups is 1. The highest BCUT2D eigenvalue weighted by Crippen LogP contribution is 2.26. The summed E-state index contributed by atoms with van der Waals surface area (Å²) in [6.45, 7) is 3.54. The van der Waals surface area contributed by atoms with E-state index in [1.54, 1.807) is 13.8 Å². The van der Waals surface area contributed by atoms with Gasteiger partial charge in [-0.1, -0.05) is 22.9 Å². The van der Waals surface area contributed by atoms with E-state index >= 15 is 0 Å². The minimum absolute atomic E-state index is 0.0550. The summed E-state index contributed by atoms with van der Waals surface area (Å²) in [7, 11) is 0. The third-order valence-electron chi connectivity index (χ3n) is 2.89. The zero-order valence-corrected chi connectivity index (χ0v) is 14.2. The van der Waals surface area contributed by atoms with Crippen LogP contribution in [-0.2, 0) is 4.74 Å². The number of nitrogens with one attached hydrogen (secondary N) is 1. The highest BCUT2D eigenvalue weighted by atomic mass is 35.5. The first-order valence-electron chi connectivity index (χ1n) is 6.73.